The molecule has 1 saturated carbocycles. The highest BCUT2D eigenvalue weighted by atomic mass is 35.5. The van der Waals surface area contributed by atoms with Crippen molar-refractivity contribution in [3.8, 4) is 0 Å². The highest BCUT2D eigenvalue weighted by Crippen LogP contribution is 2.38. The van der Waals surface area contributed by atoms with Crippen molar-refractivity contribution in [1.29, 1.82) is 0 Å². The Kier molecular flexibility index (Phi) is 5.31. The molecular weight excluding hydrogens is 362 g/mol. The SMILES string of the molecule is C[C@H]1C[C@H]1C(=O)OCC(=O)N1CCN(c2ccc(Cl)cc2[N+](=O)[O-])CC1. The molecule has 2 atom stereocenters. The Labute approximate surface area is 155 Å². The average Bonchev–Trinajstić information content (AvgIpc) is 3.36. The molecule has 2 aliphatic rings. The number of amides is 1. The van der Waals surface area contributed by atoms with Crippen molar-refractivity contribution in [1.82, 2.24) is 4.90 Å². The quantitative estimate of drug-likeness (QED) is 0.440. The van der Waals surface area contributed by atoms with Gasteiger partial charge < -0.3 is 14.5 Å². The van der Waals surface area contributed by atoms with Gasteiger partial charge in [0.1, 0.15) is 5.69 Å². The summed E-state index contributed by atoms with van der Waals surface area (Å²) in [4.78, 5) is 38.1. The first-order valence-electron chi connectivity index (χ1n) is 8.50. The number of carbonyl (C=O) groups excluding carboxylic acids is 2. The number of benzene rings is 1. The van der Waals surface area contributed by atoms with Crippen LogP contribution >= 0.6 is 11.6 Å². The van der Waals surface area contributed by atoms with E-state index in [1.54, 1.807) is 17.0 Å². The van der Waals surface area contributed by atoms with E-state index < -0.39 is 4.92 Å². The summed E-state index contributed by atoms with van der Waals surface area (Å²) in [5, 5.41) is 11.5. The zero-order valence-corrected chi connectivity index (χ0v) is 15.1. The molecule has 1 aromatic carbocycles. The summed E-state index contributed by atoms with van der Waals surface area (Å²) in [5.74, 6) is -0.264. The van der Waals surface area contributed by atoms with Gasteiger partial charge in [-0.1, -0.05) is 18.5 Å². The van der Waals surface area contributed by atoms with Gasteiger partial charge in [0.25, 0.3) is 11.6 Å². The van der Waals surface area contributed by atoms with Gasteiger partial charge >= 0.3 is 5.97 Å². The first-order chi connectivity index (χ1) is 12.4. The third-order valence-electron chi connectivity index (χ3n) is 4.86. The van der Waals surface area contributed by atoms with Crippen molar-refractivity contribution in [3.63, 3.8) is 0 Å². The van der Waals surface area contributed by atoms with E-state index in [9.17, 15) is 19.7 Å². The predicted octanol–water partition coefficient (Wildman–Crippen LogP) is 2.10. The van der Waals surface area contributed by atoms with Crippen LogP contribution in [0.2, 0.25) is 5.02 Å². The van der Waals surface area contributed by atoms with Gasteiger partial charge in [-0.3, -0.25) is 19.7 Å². The highest BCUT2D eigenvalue weighted by molar-refractivity contribution is 6.30. The van der Waals surface area contributed by atoms with Gasteiger partial charge in [-0.25, -0.2) is 0 Å². The first kappa shape index (κ1) is 18.4. The number of ether oxygens (including phenoxy) is 1. The lowest BCUT2D eigenvalue weighted by atomic mass is 10.2. The van der Waals surface area contributed by atoms with E-state index in [1.165, 1.54) is 6.07 Å². The molecule has 2 fully saturated rings. The maximum atomic E-state index is 12.2. The van der Waals surface area contributed by atoms with Crippen LogP contribution in [0.5, 0.6) is 0 Å². The lowest BCUT2D eigenvalue weighted by molar-refractivity contribution is -0.384. The van der Waals surface area contributed by atoms with E-state index in [0.717, 1.165) is 6.42 Å². The van der Waals surface area contributed by atoms with Crippen LogP contribution in [0.25, 0.3) is 0 Å². The van der Waals surface area contributed by atoms with E-state index in [2.05, 4.69) is 0 Å². The summed E-state index contributed by atoms with van der Waals surface area (Å²) < 4.78 is 5.08. The topological polar surface area (TPSA) is 93.0 Å². The van der Waals surface area contributed by atoms with Crippen LogP contribution in [0.15, 0.2) is 18.2 Å². The van der Waals surface area contributed by atoms with Gasteiger partial charge in [0, 0.05) is 37.3 Å². The minimum absolute atomic E-state index is 0.0511. The number of piperazine rings is 1. The summed E-state index contributed by atoms with van der Waals surface area (Å²) in [5.41, 5.74) is 0.436. The number of esters is 1. The van der Waals surface area contributed by atoms with Gasteiger partial charge in [0.05, 0.1) is 10.8 Å². The molecule has 1 aliphatic carbocycles. The van der Waals surface area contributed by atoms with Crippen molar-refractivity contribution in [2.24, 2.45) is 11.8 Å². The molecule has 3 rings (SSSR count). The maximum Gasteiger partial charge on any atom is 0.309 e. The average molecular weight is 382 g/mol. The number of rotatable bonds is 5. The molecule has 9 heteroatoms. The molecule has 0 bridgehead atoms. The van der Waals surface area contributed by atoms with Crippen LogP contribution < -0.4 is 4.90 Å². The number of nitrogens with zero attached hydrogens (tertiary/aromatic N) is 3. The largest absolute Gasteiger partial charge is 0.455 e. The first-order valence-corrected chi connectivity index (χ1v) is 8.88. The summed E-state index contributed by atoms with van der Waals surface area (Å²) in [6.45, 7) is 3.47. The minimum atomic E-state index is -0.461. The molecule has 1 amide bonds. The highest BCUT2D eigenvalue weighted by Gasteiger charge is 2.40. The normalized spacial score (nSPS) is 22.1. The van der Waals surface area contributed by atoms with Crippen molar-refractivity contribution in [2.75, 3.05) is 37.7 Å². The molecule has 0 aromatic heterocycles. The molecule has 26 heavy (non-hydrogen) atoms. The van der Waals surface area contributed by atoms with E-state index in [1.807, 2.05) is 11.8 Å². The lowest BCUT2D eigenvalue weighted by Gasteiger charge is -2.35. The Morgan fingerprint density at radius 2 is 1.96 bits per heavy atom. The Bertz CT molecular complexity index is 733. The molecule has 1 aromatic rings. The molecule has 0 unspecified atom stereocenters. The standard InChI is InChI=1S/C17H20ClN3O5/c1-11-8-13(11)17(23)26-10-16(22)20-6-4-19(5-7-20)14-3-2-12(18)9-15(14)21(24)25/h2-3,9,11,13H,4-8,10H2,1H3/t11-,13+/m0/s1. The number of hydrogen-bond acceptors (Lipinski definition) is 6. The van der Waals surface area contributed by atoms with Crippen LogP contribution in [0.3, 0.4) is 0 Å². The summed E-state index contributed by atoms with van der Waals surface area (Å²) in [6.07, 6.45) is 0.825. The minimum Gasteiger partial charge on any atom is -0.455 e. The van der Waals surface area contributed by atoms with Gasteiger partial charge in [0.15, 0.2) is 6.61 Å². The number of carbonyl (C=O) groups is 2. The van der Waals surface area contributed by atoms with Gasteiger partial charge in [0.2, 0.25) is 0 Å². The van der Waals surface area contributed by atoms with E-state index in [-0.39, 0.29) is 30.1 Å². The second-order valence-corrected chi connectivity index (χ2v) is 7.12. The summed E-state index contributed by atoms with van der Waals surface area (Å²) >= 11 is 5.84. The Morgan fingerprint density at radius 3 is 2.54 bits per heavy atom. The van der Waals surface area contributed by atoms with Crippen LogP contribution in [0.1, 0.15) is 13.3 Å². The van der Waals surface area contributed by atoms with Crippen LogP contribution in [-0.2, 0) is 14.3 Å². The molecule has 1 aliphatic heterocycles. The van der Waals surface area contributed by atoms with Gasteiger partial charge in [-0.05, 0) is 24.5 Å². The van der Waals surface area contributed by atoms with Crippen LogP contribution in [0, 0.1) is 22.0 Å². The molecule has 1 heterocycles. The van der Waals surface area contributed by atoms with Crippen molar-refractivity contribution < 1.29 is 19.2 Å². The van der Waals surface area contributed by atoms with Crippen molar-refractivity contribution in [2.45, 2.75) is 13.3 Å². The van der Waals surface area contributed by atoms with E-state index >= 15 is 0 Å². The van der Waals surface area contributed by atoms with Crippen molar-refractivity contribution in [3.05, 3.63) is 33.3 Å². The van der Waals surface area contributed by atoms with Crippen LogP contribution in [-0.4, -0.2) is 54.5 Å². The molecule has 0 spiro atoms. The van der Waals surface area contributed by atoms with Crippen LogP contribution in [0.4, 0.5) is 11.4 Å². The van der Waals surface area contributed by atoms with Gasteiger partial charge in [-0.15, -0.1) is 0 Å². The number of hydrogen-bond donors (Lipinski definition) is 0. The number of nitro benzene ring substituents is 1. The Hall–Kier alpha value is -2.35. The fourth-order valence-corrected chi connectivity index (χ4v) is 3.26. The fourth-order valence-electron chi connectivity index (χ4n) is 3.09. The lowest BCUT2D eigenvalue weighted by Crippen LogP contribution is -2.50. The zero-order chi connectivity index (χ0) is 18.8. The van der Waals surface area contributed by atoms with E-state index in [4.69, 9.17) is 16.3 Å². The van der Waals surface area contributed by atoms with E-state index in [0.29, 0.717) is 42.8 Å². The number of halogens is 1. The maximum absolute atomic E-state index is 12.2. The fraction of sp³-hybridized carbons (Fsp3) is 0.529. The monoisotopic (exact) mass is 381 g/mol. The zero-order valence-electron chi connectivity index (χ0n) is 14.4. The smallest absolute Gasteiger partial charge is 0.309 e. The molecular formula is C17H20ClN3O5. The molecule has 0 N–H and O–H groups in total. The predicted molar refractivity (Wildman–Crippen MR) is 95.1 cm³/mol. The third-order valence-corrected chi connectivity index (χ3v) is 5.09. The Morgan fingerprint density at radius 1 is 1.31 bits per heavy atom. The molecule has 0 radical (unpaired) electrons. The third kappa shape index (κ3) is 4.07. The van der Waals surface area contributed by atoms with Crippen molar-refractivity contribution >= 4 is 34.9 Å². The van der Waals surface area contributed by atoms with Gasteiger partial charge in [-0.2, -0.15) is 0 Å². The number of nitro groups is 1. The second-order valence-electron chi connectivity index (χ2n) is 6.69. The molecule has 140 valence electrons. The second kappa shape index (κ2) is 7.49. The Balaban J connectivity index is 1.53. The number of anilines is 1. The molecule has 8 nitrogen and oxygen atoms in total. The molecule has 1 saturated heterocycles. The summed E-state index contributed by atoms with van der Waals surface area (Å²) in [6, 6.07) is 4.56. The summed E-state index contributed by atoms with van der Waals surface area (Å²) in [7, 11) is 0.